The minimum atomic E-state index is -0.856. The van der Waals surface area contributed by atoms with Crippen molar-refractivity contribution in [3.05, 3.63) is 59.7 Å². The topological polar surface area (TPSA) is 50.8 Å². The van der Waals surface area contributed by atoms with Crippen molar-refractivity contribution in [2.24, 2.45) is 5.92 Å². The van der Waals surface area contributed by atoms with E-state index in [0.29, 0.717) is 19.8 Å². The number of carbonyl (C=O) groups is 1. The van der Waals surface area contributed by atoms with Crippen molar-refractivity contribution in [1.82, 2.24) is 4.90 Å². The molecule has 5 nitrogen and oxygen atoms in total. The number of anilines is 1. The number of carbonyl (C=O) groups excluding carboxylic acids is 1. The molecule has 2 aliphatic rings. The van der Waals surface area contributed by atoms with Gasteiger partial charge in [-0.05, 0) is 12.0 Å². The highest BCUT2D eigenvalue weighted by Gasteiger charge is 2.46. The maximum absolute atomic E-state index is 13.9. The summed E-state index contributed by atoms with van der Waals surface area (Å²) in [5.74, 6) is -1.47. The minimum absolute atomic E-state index is 0.0169. The van der Waals surface area contributed by atoms with Gasteiger partial charge in [0, 0.05) is 43.2 Å². The summed E-state index contributed by atoms with van der Waals surface area (Å²) in [5, 5.41) is 2.63. The second-order valence-corrected chi connectivity index (χ2v) is 7.16. The van der Waals surface area contributed by atoms with E-state index in [0.717, 1.165) is 24.1 Å². The van der Waals surface area contributed by atoms with Crippen molar-refractivity contribution in [1.29, 1.82) is 0 Å². The van der Waals surface area contributed by atoms with Crippen LogP contribution >= 0.6 is 0 Å². The summed E-state index contributed by atoms with van der Waals surface area (Å²) in [4.78, 5) is 14.8. The predicted molar refractivity (Wildman–Crippen MR) is 101 cm³/mol. The van der Waals surface area contributed by atoms with Crippen molar-refractivity contribution in [2.45, 2.75) is 18.4 Å². The quantitative estimate of drug-likeness (QED) is 0.864. The van der Waals surface area contributed by atoms with Crippen LogP contribution in [0, 0.1) is 17.6 Å². The second kappa shape index (κ2) is 7.75. The molecule has 0 saturated carbocycles. The van der Waals surface area contributed by atoms with Crippen LogP contribution in [0.5, 0.6) is 5.75 Å². The molecule has 0 radical (unpaired) electrons. The fraction of sp³-hybridized carbons (Fsp3) is 0.381. The standard InChI is InChI=1S/C21H22F2N2O3/c1-27-20-17(23)9-14(22)10-18(20)24-21(26)25-11-15(13-5-3-2-4-6-13)16-12-28-8-7-19(16)25/h2-6,9-10,15-16,19H,7-8,11-12H2,1H3,(H,24,26). The molecule has 3 unspecified atom stereocenters. The van der Waals surface area contributed by atoms with E-state index in [2.05, 4.69) is 17.4 Å². The minimum Gasteiger partial charge on any atom is -0.492 e. The third-order valence-corrected chi connectivity index (χ3v) is 5.62. The molecule has 2 saturated heterocycles. The van der Waals surface area contributed by atoms with Gasteiger partial charge >= 0.3 is 6.03 Å². The van der Waals surface area contributed by atoms with E-state index in [1.165, 1.54) is 7.11 Å². The number of nitrogens with zero attached hydrogens (tertiary/aromatic N) is 1. The van der Waals surface area contributed by atoms with Gasteiger partial charge in [-0.15, -0.1) is 0 Å². The number of hydrogen-bond donors (Lipinski definition) is 1. The van der Waals surface area contributed by atoms with E-state index < -0.39 is 17.7 Å². The Labute approximate surface area is 162 Å². The second-order valence-electron chi connectivity index (χ2n) is 7.16. The fourth-order valence-corrected chi connectivity index (χ4v) is 4.34. The number of amides is 2. The number of halogens is 2. The van der Waals surface area contributed by atoms with Crippen LogP contribution in [0.2, 0.25) is 0 Å². The first-order chi connectivity index (χ1) is 13.6. The highest BCUT2D eigenvalue weighted by Crippen LogP contribution is 2.41. The van der Waals surface area contributed by atoms with Crippen molar-refractivity contribution < 1.29 is 23.0 Å². The van der Waals surface area contributed by atoms with Crippen LogP contribution in [0.1, 0.15) is 17.9 Å². The van der Waals surface area contributed by atoms with Gasteiger partial charge < -0.3 is 19.7 Å². The van der Waals surface area contributed by atoms with E-state index in [1.807, 2.05) is 18.2 Å². The maximum atomic E-state index is 13.9. The average molecular weight is 388 g/mol. The Morgan fingerprint density at radius 2 is 2.04 bits per heavy atom. The van der Waals surface area contributed by atoms with Gasteiger partial charge in [-0.3, -0.25) is 0 Å². The Balaban J connectivity index is 1.59. The van der Waals surface area contributed by atoms with Crippen LogP contribution in [-0.2, 0) is 4.74 Å². The summed E-state index contributed by atoms with van der Waals surface area (Å²) in [5.41, 5.74) is 1.14. The number of methoxy groups -OCH3 is 1. The number of hydrogen-bond acceptors (Lipinski definition) is 3. The predicted octanol–water partition coefficient (Wildman–Crippen LogP) is 4.01. The zero-order valence-corrected chi connectivity index (χ0v) is 15.5. The van der Waals surface area contributed by atoms with E-state index in [4.69, 9.17) is 9.47 Å². The number of likely N-dealkylation sites (tertiary alicyclic amines) is 1. The van der Waals surface area contributed by atoms with Gasteiger partial charge in [0.15, 0.2) is 11.6 Å². The molecule has 2 amide bonds. The summed E-state index contributed by atoms with van der Waals surface area (Å²) >= 11 is 0. The molecule has 4 rings (SSSR count). The van der Waals surface area contributed by atoms with Crippen molar-refractivity contribution in [3.63, 3.8) is 0 Å². The molecule has 0 bridgehead atoms. The van der Waals surface area contributed by atoms with Gasteiger partial charge in [0.1, 0.15) is 5.82 Å². The molecular weight excluding hydrogens is 366 g/mol. The SMILES string of the molecule is COc1c(F)cc(F)cc1NC(=O)N1CC(c2ccccc2)C2COCCC21. The van der Waals surface area contributed by atoms with Gasteiger partial charge in [0.25, 0.3) is 0 Å². The molecule has 0 aromatic heterocycles. The largest absolute Gasteiger partial charge is 0.492 e. The van der Waals surface area contributed by atoms with Crippen molar-refractivity contribution in [3.8, 4) is 5.75 Å². The molecule has 2 aliphatic heterocycles. The lowest BCUT2D eigenvalue weighted by atomic mass is 9.84. The number of rotatable bonds is 3. The molecule has 2 aromatic rings. The Hall–Kier alpha value is -2.67. The lowest BCUT2D eigenvalue weighted by Crippen LogP contribution is -2.44. The maximum Gasteiger partial charge on any atom is 0.322 e. The lowest BCUT2D eigenvalue weighted by Gasteiger charge is -2.32. The smallest absolute Gasteiger partial charge is 0.322 e. The van der Waals surface area contributed by atoms with Crippen LogP contribution in [0.4, 0.5) is 19.3 Å². The third kappa shape index (κ3) is 3.42. The van der Waals surface area contributed by atoms with E-state index >= 15 is 0 Å². The summed E-state index contributed by atoms with van der Waals surface area (Å²) in [7, 11) is 1.28. The Kier molecular flexibility index (Phi) is 5.17. The number of urea groups is 1. The van der Waals surface area contributed by atoms with Crippen LogP contribution in [0.3, 0.4) is 0 Å². The van der Waals surface area contributed by atoms with E-state index in [-0.39, 0.29) is 29.3 Å². The van der Waals surface area contributed by atoms with Crippen LogP contribution in [0.25, 0.3) is 0 Å². The molecule has 0 aliphatic carbocycles. The molecule has 2 heterocycles. The first-order valence-corrected chi connectivity index (χ1v) is 9.32. The van der Waals surface area contributed by atoms with Crippen LogP contribution in [0.15, 0.2) is 42.5 Å². The van der Waals surface area contributed by atoms with Crippen LogP contribution < -0.4 is 10.1 Å². The zero-order valence-electron chi connectivity index (χ0n) is 15.5. The highest BCUT2D eigenvalue weighted by molar-refractivity contribution is 5.91. The normalized spacial score (nSPS) is 24.0. The van der Waals surface area contributed by atoms with Crippen molar-refractivity contribution in [2.75, 3.05) is 32.2 Å². The average Bonchev–Trinajstić information content (AvgIpc) is 3.08. The molecule has 2 fully saturated rings. The summed E-state index contributed by atoms with van der Waals surface area (Å²) < 4.78 is 38.3. The van der Waals surface area contributed by atoms with Gasteiger partial charge in [-0.2, -0.15) is 0 Å². The van der Waals surface area contributed by atoms with E-state index in [9.17, 15) is 13.6 Å². The Bertz CT molecular complexity index is 862. The van der Waals surface area contributed by atoms with Gasteiger partial charge in [0.05, 0.1) is 19.4 Å². The monoisotopic (exact) mass is 388 g/mol. The first-order valence-electron chi connectivity index (χ1n) is 9.32. The Morgan fingerprint density at radius 3 is 2.79 bits per heavy atom. The zero-order chi connectivity index (χ0) is 19.7. The fourth-order valence-electron chi connectivity index (χ4n) is 4.34. The molecular formula is C21H22F2N2O3. The lowest BCUT2D eigenvalue weighted by molar-refractivity contribution is 0.0272. The molecule has 148 valence electrons. The number of nitrogens with one attached hydrogen (secondary N) is 1. The molecule has 7 heteroatoms. The van der Waals surface area contributed by atoms with Gasteiger partial charge in [0.2, 0.25) is 0 Å². The number of ether oxygens (including phenoxy) is 2. The number of fused-ring (bicyclic) bond motifs is 1. The first kappa shape index (κ1) is 18.7. The summed E-state index contributed by atoms with van der Waals surface area (Å²) in [6.45, 7) is 1.70. The Morgan fingerprint density at radius 1 is 1.25 bits per heavy atom. The van der Waals surface area contributed by atoms with Crippen LogP contribution in [-0.4, -0.2) is 43.8 Å². The summed E-state index contributed by atoms with van der Waals surface area (Å²) in [6.07, 6.45) is 0.732. The van der Waals surface area contributed by atoms with E-state index in [1.54, 1.807) is 4.90 Å². The highest BCUT2D eigenvalue weighted by atomic mass is 19.1. The third-order valence-electron chi connectivity index (χ3n) is 5.62. The van der Waals surface area contributed by atoms with Gasteiger partial charge in [-0.25, -0.2) is 13.6 Å². The summed E-state index contributed by atoms with van der Waals surface area (Å²) in [6, 6.07) is 11.5. The number of benzene rings is 2. The molecule has 0 spiro atoms. The molecule has 28 heavy (non-hydrogen) atoms. The molecule has 3 atom stereocenters. The molecule has 1 N–H and O–H groups in total. The molecule has 2 aromatic carbocycles. The van der Waals surface area contributed by atoms with Crippen molar-refractivity contribution >= 4 is 11.7 Å². The van der Waals surface area contributed by atoms with Gasteiger partial charge in [-0.1, -0.05) is 30.3 Å².